The largest absolute Gasteiger partial charge is 0.379 e. The molecule has 3 aliphatic heterocycles. The van der Waals surface area contributed by atoms with Crippen molar-refractivity contribution < 1.29 is 13.9 Å². The predicted octanol–water partition coefficient (Wildman–Crippen LogP) is 2.49. The molecule has 1 aromatic carbocycles. The molecule has 1 N–H and O–H groups in total. The van der Waals surface area contributed by atoms with Gasteiger partial charge in [0, 0.05) is 69.0 Å². The molecule has 0 radical (unpaired) electrons. The first-order valence-corrected chi connectivity index (χ1v) is 13.6. The maximum Gasteiger partial charge on any atom is 0.167 e. The number of nitrogens with zero attached hydrogens (tertiary/aromatic N) is 7. The summed E-state index contributed by atoms with van der Waals surface area (Å²) in [5.74, 6) is 1.79. The van der Waals surface area contributed by atoms with Gasteiger partial charge in [0.25, 0.3) is 0 Å². The summed E-state index contributed by atoms with van der Waals surface area (Å²) >= 11 is 0. The average molecular weight is 521 g/mol. The average Bonchev–Trinajstić information content (AvgIpc) is 3.55. The van der Waals surface area contributed by atoms with E-state index in [0.717, 1.165) is 86.2 Å². The number of rotatable bonds is 6. The van der Waals surface area contributed by atoms with Crippen molar-refractivity contribution in [3.8, 4) is 11.4 Å². The molecule has 0 atom stereocenters. The van der Waals surface area contributed by atoms with E-state index < -0.39 is 0 Å². The third-order valence-corrected chi connectivity index (χ3v) is 8.05. The van der Waals surface area contributed by atoms with Crippen molar-refractivity contribution in [1.82, 2.24) is 34.3 Å². The van der Waals surface area contributed by atoms with Crippen LogP contribution in [0, 0.1) is 5.82 Å². The van der Waals surface area contributed by atoms with Gasteiger partial charge in [0.05, 0.1) is 38.5 Å². The molecule has 0 saturated carbocycles. The van der Waals surface area contributed by atoms with E-state index in [0.29, 0.717) is 43.7 Å². The molecule has 3 aliphatic rings. The third-order valence-electron chi connectivity index (χ3n) is 8.05. The highest BCUT2D eigenvalue weighted by atomic mass is 19.1. The number of imidazole rings is 1. The number of hydrogen-bond acceptors (Lipinski definition) is 8. The van der Waals surface area contributed by atoms with Crippen LogP contribution in [0.4, 0.5) is 10.2 Å². The number of halogens is 1. The van der Waals surface area contributed by atoms with Gasteiger partial charge in [-0.2, -0.15) is 0 Å². The van der Waals surface area contributed by atoms with Crippen molar-refractivity contribution in [2.75, 3.05) is 70.6 Å². The highest BCUT2D eigenvalue weighted by molar-refractivity contribution is 5.95. The van der Waals surface area contributed by atoms with Crippen LogP contribution in [0.5, 0.6) is 0 Å². The molecular weight excluding hydrogens is 487 g/mol. The number of aromatic amines is 1. The molecule has 11 heteroatoms. The second-order valence-corrected chi connectivity index (χ2v) is 10.3. The number of aromatic nitrogens is 5. The number of aryl methyl sites for hydroxylation is 1. The summed E-state index contributed by atoms with van der Waals surface area (Å²) in [6.45, 7) is 12.0. The summed E-state index contributed by atoms with van der Waals surface area (Å²) in [6.07, 6.45) is 1.82. The molecule has 0 spiro atoms. The first kappa shape index (κ1) is 24.0. The molecule has 3 aromatic heterocycles. The van der Waals surface area contributed by atoms with E-state index in [1.165, 1.54) is 6.07 Å². The minimum Gasteiger partial charge on any atom is -0.379 e. The molecule has 3 saturated heterocycles. The molecule has 3 fully saturated rings. The van der Waals surface area contributed by atoms with Crippen molar-refractivity contribution >= 4 is 27.9 Å². The number of hydrogen-bond donors (Lipinski definition) is 1. The topological polar surface area (TPSA) is 87.6 Å². The van der Waals surface area contributed by atoms with Crippen molar-refractivity contribution in [3.63, 3.8) is 0 Å². The molecule has 200 valence electrons. The quantitative estimate of drug-likeness (QED) is 0.415. The summed E-state index contributed by atoms with van der Waals surface area (Å²) in [5.41, 5.74) is 2.81. The fraction of sp³-hybridized carbons (Fsp3) is 0.519. The fourth-order valence-corrected chi connectivity index (χ4v) is 5.97. The van der Waals surface area contributed by atoms with Gasteiger partial charge in [-0.3, -0.25) is 9.80 Å². The lowest BCUT2D eigenvalue weighted by Gasteiger charge is -2.46. The first-order valence-electron chi connectivity index (χ1n) is 13.6. The van der Waals surface area contributed by atoms with Crippen LogP contribution in [0.1, 0.15) is 12.7 Å². The molecule has 0 amide bonds. The van der Waals surface area contributed by atoms with Crippen molar-refractivity contribution in [3.05, 3.63) is 36.0 Å². The lowest BCUT2D eigenvalue weighted by molar-refractivity contribution is -0.0352. The fourth-order valence-electron chi connectivity index (χ4n) is 5.97. The van der Waals surface area contributed by atoms with Crippen LogP contribution in [-0.2, 0) is 22.6 Å². The van der Waals surface area contributed by atoms with Gasteiger partial charge in [-0.25, -0.2) is 19.3 Å². The number of ether oxygens (including phenoxy) is 2. The van der Waals surface area contributed by atoms with Crippen LogP contribution in [0.25, 0.3) is 33.5 Å². The monoisotopic (exact) mass is 520 g/mol. The SMILES string of the molecule is CCn1c(CN2CC(N3CCOCC3)C2)nc2c(N3CCOCC3)nc(-c3c(F)ccc4[nH]ccc34)nc21. The Morgan fingerprint density at radius 1 is 0.974 bits per heavy atom. The Morgan fingerprint density at radius 3 is 2.50 bits per heavy atom. The summed E-state index contributed by atoms with van der Waals surface area (Å²) in [7, 11) is 0. The van der Waals surface area contributed by atoms with Gasteiger partial charge in [0.15, 0.2) is 22.8 Å². The van der Waals surface area contributed by atoms with E-state index in [4.69, 9.17) is 24.4 Å². The van der Waals surface area contributed by atoms with Gasteiger partial charge in [-0.05, 0) is 25.1 Å². The van der Waals surface area contributed by atoms with Crippen LogP contribution in [0.2, 0.25) is 0 Å². The minimum absolute atomic E-state index is 0.332. The second-order valence-electron chi connectivity index (χ2n) is 10.3. The van der Waals surface area contributed by atoms with Gasteiger partial charge in [0.2, 0.25) is 0 Å². The molecule has 38 heavy (non-hydrogen) atoms. The summed E-state index contributed by atoms with van der Waals surface area (Å²) in [4.78, 5) is 25.4. The van der Waals surface area contributed by atoms with Gasteiger partial charge in [-0.1, -0.05) is 0 Å². The molecule has 0 unspecified atom stereocenters. The number of nitrogens with one attached hydrogen (secondary N) is 1. The Balaban J connectivity index is 1.28. The van der Waals surface area contributed by atoms with E-state index in [1.54, 1.807) is 6.07 Å². The van der Waals surface area contributed by atoms with Gasteiger partial charge >= 0.3 is 0 Å². The molecule has 0 aliphatic carbocycles. The van der Waals surface area contributed by atoms with Crippen LogP contribution in [0.15, 0.2) is 24.4 Å². The number of benzene rings is 1. The van der Waals surface area contributed by atoms with Gasteiger partial charge < -0.3 is 23.9 Å². The summed E-state index contributed by atoms with van der Waals surface area (Å²) < 4.78 is 28.6. The van der Waals surface area contributed by atoms with Crippen LogP contribution >= 0.6 is 0 Å². The summed E-state index contributed by atoms with van der Waals surface area (Å²) in [5, 5.41) is 0.773. The molecular formula is C27H33FN8O2. The number of fused-ring (bicyclic) bond motifs is 2. The van der Waals surface area contributed by atoms with E-state index in [2.05, 4.69) is 31.2 Å². The number of likely N-dealkylation sites (tertiary alicyclic amines) is 1. The van der Waals surface area contributed by atoms with Crippen molar-refractivity contribution in [1.29, 1.82) is 0 Å². The Bertz CT molecular complexity index is 1450. The predicted molar refractivity (Wildman–Crippen MR) is 143 cm³/mol. The maximum atomic E-state index is 15.3. The summed E-state index contributed by atoms with van der Waals surface area (Å²) in [6, 6.07) is 5.69. The zero-order chi connectivity index (χ0) is 25.6. The van der Waals surface area contributed by atoms with Gasteiger partial charge in [-0.15, -0.1) is 0 Å². The second kappa shape index (κ2) is 9.88. The van der Waals surface area contributed by atoms with Crippen LogP contribution < -0.4 is 4.90 Å². The van der Waals surface area contributed by atoms with Crippen molar-refractivity contribution in [2.24, 2.45) is 0 Å². The zero-order valence-corrected chi connectivity index (χ0v) is 21.7. The maximum absolute atomic E-state index is 15.3. The third kappa shape index (κ3) is 4.14. The molecule has 7 rings (SSSR count). The number of anilines is 1. The van der Waals surface area contributed by atoms with E-state index in [1.807, 2.05) is 12.3 Å². The van der Waals surface area contributed by atoms with E-state index >= 15 is 4.39 Å². The molecule has 0 bridgehead atoms. The smallest absolute Gasteiger partial charge is 0.167 e. The van der Waals surface area contributed by atoms with Gasteiger partial charge in [0.1, 0.15) is 11.6 Å². The lowest BCUT2D eigenvalue weighted by Crippen LogP contribution is -2.61. The van der Waals surface area contributed by atoms with Crippen LogP contribution in [-0.4, -0.2) is 106 Å². The zero-order valence-electron chi connectivity index (χ0n) is 21.7. The Hall–Kier alpha value is -3.12. The number of morpholine rings is 2. The highest BCUT2D eigenvalue weighted by Crippen LogP contribution is 2.34. The van der Waals surface area contributed by atoms with E-state index in [9.17, 15) is 0 Å². The first-order chi connectivity index (χ1) is 18.7. The highest BCUT2D eigenvalue weighted by Gasteiger charge is 2.34. The molecule has 4 aromatic rings. The number of H-pyrrole nitrogens is 1. The Morgan fingerprint density at radius 2 is 1.74 bits per heavy atom. The van der Waals surface area contributed by atoms with E-state index in [-0.39, 0.29) is 5.82 Å². The Labute approximate surface area is 220 Å². The Kier molecular flexibility index (Phi) is 6.23. The minimum atomic E-state index is -0.332. The van der Waals surface area contributed by atoms with Crippen LogP contribution in [0.3, 0.4) is 0 Å². The standard InChI is InChI=1S/C27H33FN8O2/c1-2-36-22(17-33-15-18(16-33)34-7-11-37-12-8-34)30-24-26(35-9-13-38-14-10-35)31-25(32-27(24)36)23-19-5-6-29-21(19)4-3-20(23)28/h3-6,18,29H,2,7-17H2,1H3. The van der Waals surface area contributed by atoms with Crippen molar-refractivity contribution in [2.45, 2.75) is 26.1 Å². The molecule has 10 nitrogen and oxygen atoms in total. The normalized spacial score (nSPS) is 20.0. The molecule has 6 heterocycles. The lowest BCUT2D eigenvalue weighted by atomic mass is 10.1.